The summed E-state index contributed by atoms with van der Waals surface area (Å²) in [5.41, 5.74) is 2.26. The Morgan fingerprint density at radius 1 is 0.833 bits per heavy atom. The van der Waals surface area contributed by atoms with E-state index in [0.29, 0.717) is 5.92 Å². The second-order valence-corrected chi connectivity index (χ2v) is 8.85. The monoisotopic (exact) mass is 414 g/mol. The molecule has 1 nitrogen and oxygen atoms in total. The van der Waals surface area contributed by atoms with Gasteiger partial charge in [0.25, 0.3) is 0 Å². The van der Waals surface area contributed by atoms with Crippen molar-refractivity contribution >= 4 is 0 Å². The number of hydrogen-bond acceptors (Lipinski definition) is 1. The molecule has 1 saturated carbocycles. The van der Waals surface area contributed by atoms with E-state index in [1.165, 1.54) is 69.1 Å². The van der Waals surface area contributed by atoms with Gasteiger partial charge in [-0.1, -0.05) is 63.8 Å². The molecule has 3 rings (SSSR count). The molecular weight excluding hydrogens is 378 g/mol. The third-order valence-corrected chi connectivity index (χ3v) is 6.50. The van der Waals surface area contributed by atoms with Crippen LogP contribution in [0.15, 0.2) is 48.5 Å². The maximum Gasteiger partial charge on any atom is 0.426 e. The van der Waals surface area contributed by atoms with Crippen molar-refractivity contribution in [3.05, 3.63) is 65.2 Å². The molecule has 0 N–H and O–H groups in total. The number of hydrogen-bond donors (Lipinski definition) is 0. The molecule has 164 valence electrons. The van der Waals surface area contributed by atoms with E-state index in [1.807, 2.05) is 24.3 Å². The average Bonchev–Trinajstić information content (AvgIpc) is 2.76. The molecule has 2 aromatic carbocycles. The summed E-state index contributed by atoms with van der Waals surface area (Å²) >= 11 is 0. The van der Waals surface area contributed by atoms with Crippen LogP contribution in [0.1, 0.15) is 94.2 Å². The first-order valence-corrected chi connectivity index (χ1v) is 11.8. The maximum absolute atomic E-state index is 14.7. The molecule has 0 unspecified atom stereocenters. The molecule has 2 aromatic rings. The number of unbranched alkanes of at least 4 members (excludes halogenated alkanes) is 2. The van der Waals surface area contributed by atoms with Gasteiger partial charge in [0.15, 0.2) is 0 Å². The van der Waals surface area contributed by atoms with Crippen molar-refractivity contribution in [2.24, 2.45) is 5.92 Å². The minimum absolute atomic E-state index is 0.0852. The second kappa shape index (κ2) is 10.9. The highest BCUT2D eigenvalue weighted by Crippen LogP contribution is 2.38. The van der Waals surface area contributed by atoms with Crippen LogP contribution in [0.4, 0.5) is 8.78 Å². The van der Waals surface area contributed by atoms with Crippen LogP contribution in [-0.2, 0) is 12.5 Å². The highest BCUT2D eigenvalue weighted by molar-refractivity contribution is 5.31. The molecule has 3 heteroatoms. The third kappa shape index (κ3) is 6.30. The molecule has 0 atom stereocenters. The molecule has 0 heterocycles. The summed E-state index contributed by atoms with van der Waals surface area (Å²) < 4.78 is 34.4. The van der Waals surface area contributed by atoms with E-state index in [4.69, 9.17) is 4.74 Å². The van der Waals surface area contributed by atoms with E-state index < -0.39 is 6.11 Å². The summed E-state index contributed by atoms with van der Waals surface area (Å²) in [5, 5.41) is 0. The van der Waals surface area contributed by atoms with Gasteiger partial charge in [-0.05, 0) is 85.8 Å². The van der Waals surface area contributed by atoms with Crippen LogP contribution in [0, 0.1) is 5.92 Å². The fourth-order valence-corrected chi connectivity index (χ4v) is 4.65. The van der Waals surface area contributed by atoms with E-state index >= 15 is 0 Å². The topological polar surface area (TPSA) is 9.23 Å². The molecule has 0 bridgehead atoms. The number of halogens is 2. The molecule has 0 aromatic heterocycles. The molecule has 1 fully saturated rings. The largest absolute Gasteiger partial charge is 0.429 e. The molecule has 1 aliphatic carbocycles. The molecular formula is C27H36F2O. The van der Waals surface area contributed by atoms with Crippen molar-refractivity contribution in [2.75, 3.05) is 0 Å². The highest BCUT2D eigenvalue weighted by Gasteiger charge is 2.34. The summed E-state index contributed by atoms with van der Waals surface area (Å²) in [7, 11) is 0. The lowest BCUT2D eigenvalue weighted by Gasteiger charge is -2.29. The fraction of sp³-hybridized carbons (Fsp3) is 0.556. The summed E-state index contributed by atoms with van der Waals surface area (Å²) in [4.78, 5) is 0. The maximum atomic E-state index is 14.7. The van der Waals surface area contributed by atoms with Crippen molar-refractivity contribution in [1.82, 2.24) is 0 Å². The standard InChI is InChI=1S/C27H36F2O/c1-3-5-6-8-22-11-19-26(20-12-22)30-27(28,29)25-17-15-24(16-18-25)23-13-9-21(7-4-2)10-14-23/h11-12,15-21,23H,3-10,13-14H2,1-2H3. The van der Waals surface area contributed by atoms with Gasteiger partial charge in [0.1, 0.15) is 5.75 Å². The van der Waals surface area contributed by atoms with Gasteiger partial charge in [-0.25, -0.2) is 0 Å². The van der Waals surface area contributed by atoms with Crippen molar-refractivity contribution < 1.29 is 13.5 Å². The smallest absolute Gasteiger partial charge is 0.426 e. The summed E-state index contributed by atoms with van der Waals surface area (Å²) in [6.07, 6.45) is 8.55. The van der Waals surface area contributed by atoms with Crippen LogP contribution >= 0.6 is 0 Å². The Labute approximate surface area is 180 Å². The van der Waals surface area contributed by atoms with Crippen LogP contribution in [0.3, 0.4) is 0 Å². The number of alkyl halides is 2. The summed E-state index contributed by atoms with van der Waals surface area (Å²) in [6.45, 7) is 4.42. The predicted octanol–water partition coefficient (Wildman–Crippen LogP) is 8.62. The fourth-order valence-electron chi connectivity index (χ4n) is 4.65. The molecule has 0 radical (unpaired) electrons. The number of ether oxygens (including phenoxy) is 1. The number of rotatable bonds is 10. The van der Waals surface area contributed by atoms with Crippen molar-refractivity contribution in [2.45, 2.75) is 90.1 Å². The van der Waals surface area contributed by atoms with E-state index in [9.17, 15) is 8.78 Å². The Balaban J connectivity index is 1.57. The number of benzene rings is 2. The molecule has 0 amide bonds. The lowest BCUT2D eigenvalue weighted by Crippen LogP contribution is -2.22. The molecule has 0 spiro atoms. The lowest BCUT2D eigenvalue weighted by atomic mass is 9.77. The van der Waals surface area contributed by atoms with Crippen molar-refractivity contribution in [3.8, 4) is 5.75 Å². The summed E-state index contributed by atoms with van der Waals surface area (Å²) in [5.74, 6) is 1.56. The Kier molecular flexibility index (Phi) is 8.30. The first kappa shape index (κ1) is 22.8. The Hall–Kier alpha value is -1.90. The van der Waals surface area contributed by atoms with Gasteiger partial charge < -0.3 is 4.74 Å². The molecule has 1 aliphatic rings. The number of aryl methyl sites for hydroxylation is 1. The molecule has 0 saturated heterocycles. The highest BCUT2D eigenvalue weighted by atomic mass is 19.3. The minimum atomic E-state index is -3.33. The quantitative estimate of drug-likeness (QED) is 0.354. The molecule has 0 aliphatic heterocycles. The zero-order valence-electron chi connectivity index (χ0n) is 18.5. The van der Waals surface area contributed by atoms with Gasteiger partial charge in [0, 0.05) is 0 Å². The third-order valence-electron chi connectivity index (χ3n) is 6.50. The van der Waals surface area contributed by atoms with Crippen LogP contribution in [0.5, 0.6) is 5.75 Å². The van der Waals surface area contributed by atoms with Gasteiger partial charge in [0.2, 0.25) is 0 Å². The second-order valence-electron chi connectivity index (χ2n) is 8.85. The Morgan fingerprint density at radius 2 is 1.50 bits per heavy atom. The molecule has 30 heavy (non-hydrogen) atoms. The van der Waals surface area contributed by atoms with Crippen LogP contribution < -0.4 is 4.74 Å². The zero-order valence-corrected chi connectivity index (χ0v) is 18.5. The van der Waals surface area contributed by atoms with E-state index in [2.05, 4.69) is 13.8 Å². The first-order valence-electron chi connectivity index (χ1n) is 11.8. The lowest BCUT2D eigenvalue weighted by molar-refractivity contribution is -0.185. The first-order chi connectivity index (χ1) is 14.5. The average molecular weight is 415 g/mol. The van der Waals surface area contributed by atoms with E-state index in [0.717, 1.165) is 24.3 Å². The van der Waals surface area contributed by atoms with Gasteiger partial charge >= 0.3 is 6.11 Å². The van der Waals surface area contributed by atoms with Crippen molar-refractivity contribution in [3.63, 3.8) is 0 Å². The van der Waals surface area contributed by atoms with E-state index in [-0.39, 0.29) is 11.3 Å². The normalized spacial score (nSPS) is 19.6. The Bertz CT molecular complexity index is 743. The van der Waals surface area contributed by atoms with Gasteiger partial charge in [-0.2, -0.15) is 8.78 Å². The van der Waals surface area contributed by atoms with E-state index in [1.54, 1.807) is 12.1 Å². The van der Waals surface area contributed by atoms with Gasteiger partial charge in [-0.3, -0.25) is 0 Å². The predicted molar refractivity (Wildman–Crippen MR) is 120 cm³/mol. The minimum Gasteiger partial charge on any atom is -0.429 e. The Morgan fingerprint density at radius 3 is 2.10 bits per heavy atom. The van der Waals surface area contributed by atoms with Crippen LogP contribution in [0.25, 0.3) is 0 Å². The van der Waals surface area contributed by atoms with Gasteiger partial charge in [0.05, 0.1) is 5.56 Å². The van der Waals surface area contributed by atoms with Crippen LogP contribution in [0.2, 0.25) is 0 Å². The zero-order chi connectivity index (χ0) is 21.4. The SMILES string of the molecule is CCCCCc1ccc(OC(F)(F)c2ccc(C3CCC(CCC)CC3)cc2)cc1. The van der Waals surface area contributed by atoms with Gasteiger partial charge in [-0.15, -0.1) is 0 Å². The van der Waals surface area contributed by atoms with Crippen LogP contribution in [-0.4, -0.2) is 0 Å². The van der Waals surface area contributed by atoms with Crippen molar-refractivity contribution in [1.29, 1.82) is 0 Å². The summed E-state index contributed by atoms with van der Waals surface area (Å²) in [6, 6.07) is 13.9.